The Morgan fingerprint density at radius 3 is 2.40 bits per heavy atom. The van der Waals surface area contributed by atoms with E-state index >= 15 is 0 Å². The minimum atomic E-state index is -1.11. The highest BCUT2D eigenvalue weighted by Crippen LogP contribution is 2.33. The number of benzene rings is 3. The fourth-order valence-corrected chi connectivity index (χ4v) is 6.40. The number of carbonyl (C=O) groups is 6. The van der Waals surface area contributed by atoms with E-state index in [1.165, 1.54) is 18.2 Å². The maximum absolute atomic E-state index is 13.2. The molecule has 6 rings (SSSR count). The summed E-state index contributed by atoms with van der Waals surface area (Å²) in [6.07, 6.45) is 0.0256. The number of amides is 6. The number of hydrogen-bond acceptors (Lipinski definition) is 10. The Kier molecular flexibility index (Phi) is 12.0. The molecule has 3 aromatic carbocycles. The first-order chi connectivity index (χ1) is 25.6. The third kappa shape index (κ3) is 8.66. The van der Waals surface area contributed by atoms with Crippen LogP contribution in [-0.2, 0) is 30.4 Å². The maximum atomic E-state index is 13.2. The van der Waals surface area contributed by atoms with Gasteiger partial charge in [-0.2, -0.15) is 5.10 Å². The summed E-state index contributed by atoms with van der Waals surface area (Å²) in [6.45, 7) is 1.29. The molecule has 1 aromatic heterocycles. The number of hydrogen-bond donors (Lipinski definition) is 3. The number of aromatic nitrogens is 2. The number of piperidine rings is 1. The number of fused-ring (bicyclic) bond motifs is 2. The Balaban J connectivity index is 0.863. The summed E-state index contributed by atoms with van der Waals surface area (Å²) >= 11 is 12.4. The van der Waals surface area contributed by atoms with E-state index in [-0.39, 0.29) is 80.8 Å². The van der Waals surface area contributed by atoms with Gasteiger partial charge in [-0.25, -0.2) is 0 Å². The number of imide groups is 2. The molecule has 53 heavy (non-hydrogen) atoms. The summed E-state index contributed by atoms with van der Waals surface area (Å²) in [5.41, 5.74) is 1.89. The molecule has 3 heterocycles. The van der Waals surface area contributed by atoms with Crippen molar-refractivity contribution in [1.29, 1.82) is 0 Å². The van der Waals surface area contributed by atoms with Crippen LogP contribution in [0.1, 0.15) is 49.6 Å². The maximum Gasteiger partial charge on any atom is 0.272 e. The molecule has 6 amide bonds. The highest BCUT2D eigenvalue weighted by Gasteiger charge is 2.46. The predicted octanol–water partition coefficient (Wildman–Crippen LogP) is 2.75. The van der Waals surface area contributed by atoms with Crippen molar-refractivity contribution in [1.82, 2.24) is 30.6 Å². The van der Waals surface area contributed by atoms with Crippen molar-refractivity contribution in [3.05, 3.63) is 93.1 Å². The van der Waals surface area contributed by atoms with Gasteiger partial charge in [-0.1, -0.05) is 53.5 Å². The van der Waals surface area contributed by atoms with E-state index in [4.69, 9.17) is 37.4 Å². The molecule has 276 valence electrons. The standard InChI is InChI=1S/C36H34Cl2N6O9/c37-22-9-8-21(25(38)18-22)19-43-26-6-2-1-4-23(26)32(42-43)34(48)40-13-15-52-17-16-51-14-12-39-30(46)20-53-28-7-3-5-24-31(28)36(50)44(35(24)49)27-10-11-29(45)41-33(27)47/h1-9,18,27H,10-17,19-20H2,(H,39,46)(H,40,48)(H,41,45,47). The van der Waals surface area contributed by atoms with Crippen LogP contribution in [0.3, 0.4) is 0 Å². The summed E-state index contributed by atoms with van der Waals surface area (Å²) in [5.74, 6) is -3.39. The first kappa shape index (κ1) is 37.4. The van der Waals surface area contributed by atoms with Gasteiger partial charge in [0.1, 0.15) is 11.8 Å². The normalized spacial score (nSPS) is 15.4. The monoisotopic (exact) mass is 764 g/mol. The Bertz CT molecular complexity index is 2090. The number of carbonyl (C=O) groups excluding carboxylic acids is 6. The quantitative estimate of drug-likeness (QED) is 0.113. The molecule has 0 aliphatic carbocycles. The Hall–Kier alpha value is -5.35. The van der Waals surface area contributed by atoms with Crippen LogP contribution in [0.5, 0.6) is 5.75 Å². The van der Waals surface area contributed by atoms with Gasteiger partial charge in [0.25, 0.3) is 23.6 Å². The summed E-state index contributed by atoms with van der Waals surface area (Å²) < 4.78 is 18.3. The minimum absolute atomic E-state index is 0.000856. The summed E-state index contributed by atoms with van der Waals surface area (Å²) in [6, 6.07) is 16.0. The number of nitrogens with one attached hydrogen (secondary N) is 3. The fourth-order valence-electron chi connectivity index (χ4n) is 5.93. The van der Waals surface area contributed by atoms with Crippen molar-refractivity contribution in [3.8, 4) is 5.75 Å². The van der Waals surface area contributed by atoms with Crippen molar-refractivity contribution < 1.29 is 43.0 Å². The molecule has 0 radical (unpaired) electrons. The Morgan fingerprint density at radius 1 is 0.887 bits per heavy atom. The highest BCUT2D eigenvalue weighted by molar-refractivity contribution is 6.35. The first-order valence-electron chi connectivity index (χ1n) is 16.7. The summed E-state index contributed by atoms with van der Waals surface area (Å²) in [4.78, 5) is 76.2. The van der Waals surface area contributed by atoms with Crippen LogP contribution >= 0.6 is 23.2 Å². The zero-order chi connectivity index (χ0) is 37.5. The topological polar surface area (TPSA) is 187 Å². The summed E-state index contributed by atoms with van der Waals surface area (Å²) in [5, 5.41) is 13.9. The second-order valence-electron chi connectivity index (χ2n) is 12.0. The molecule has 0 saturated carbocycles. The SMILES string of the molecule is O=C(COc1cccc2c1C(=O)N(C1CCC(=O)NC1=O)C2=O)NCCOCCOCCNC(=O)c1nn(Cc2ccc(Cl)cc2Cl)c2ccccc12. The Labute approximate surface area is 312 Å². The van der Waals surface area contributed by atoms with Crippen molar-refractivity contribution in [3.63, 3.8) is 0 Å². The van der Waals surface area contributed by atoms with Gasteiger partial charge in [0, 0.05) is 34.9 Å². The first-order valence-corrected chi connectivity index (χ1v) is 17.4. The van der Waals surface area contributed by atoms with E-state index in [2.05, 4.69) is 21.0 Å². The molecular formula is C36H34Cl2N6O9. The number of ether oxygens (including phenoxy) is 3. The van der Waals surface area contributed by atoms with Crippen molar-refractivity contribution in [2.45, 2.75) is 25.4 Å². The van der Waals surface area contributed by atoms with E-state index in [0.717, 1.165) is 16.0 Å². The molecule has 2 aliphatic heterocycles. The van der Waals surface area contributed by atoms with Crippen LogP contribution in [0.4, 0.5) is 0 Å². The van der Waals surface area contributed by atoms with Crippen LogP contribution in [0.25, 0.3) is 10.9 Å². The van der Waals surface area contributed by atoms with Crippen molar-refractivity contribution >= 4 is 69.5 Å². The van der Waals surface area contributed by atoms with Gasteiger partial charge in [0.2, 0.25) is 11.8 Å². The highest BCUT2D eigenvalue weighted by atomic mass is 35.5. The predicted molar refractivity (Wildman–Crippen MR) is 191 cm³/mol. The molecule has 15 nitrogen and oxygen atoms in total. The molecule has 1 fully saturated rings. The van der Waals surface area contributed by atoms with E-state index in [1.54, 1.807) is 16.8 Å². The van der Waals surface area contributed by atoms with Gasteiger partial charge in [0.15, 0.2) is 12.3 Å². The lowest BCUT2D eigenvalue weighted by Crippen LogP contribution is -2.54. The lowest BCUT2D eigenvalue weighted by molar-refractivity contribution is -0.136. The zero-order valence-electron chi connectivity index (χ0n) is 28.2. The van der Waals surface area contributed by atoms with Gasteiger partial charge in [0.05, 0.1) is 49.6 Å². The fraction of sp³-hybridized carbons (Fsp3) is 0.306. The molecule has 2 aliphatic rings. The molecule has 1 atom stereocenters. The third-order valence-corrected chi connectivity index (χ3v) is 9.06. The van der Waals surface area contributed by atoms with E-state index in [9.17, 15) is 28.8 Å². The van der Waals surface area contributed by atoms with Crippen LogP contribution in [0.2, 0.25) is 10.0 Å². The third-order valence-electron chi connectivity index (χ3n) is 8.47. The van der Waals surface area contributed by atoms with E-state index in [0.29, 0.717) is 22.0 Å². The lowest BCUT2D eigenvalue weighted by Gasteiger charge is -2.27. The number of para-hydroxylation sites is 1. The van der Waals surface area contributed by atoms with Gasteiger partial charge in [-0.3, -0.25) is 43.7 Å². The van der Waals surface area contributed by atoms with Gasteiger partial charge in [-0.15, -0.1) is 0 Å². The molecule has 17 heteroatoms. The Morgan fingerprint density at radius 2 is 1.64 bits per heavy atom. The average molecular weight is 766 g/mol. The van der Waals surface area contributed by atoms with Crippen LogP contribution in [-0.4, -0.2) is 102 Å². The second kappa shape index (κ2) is 17.0. The number of halogens is 2. The van der Waals surface area contributed by atoms with E-state index < -0.39 is 42.2 Å². The number of rotatable bonds is 16. The minimum Gasteiger partial charge on any atom is -0.483 e. The number of nitrogens with zero attached hydrogens (tertiary/aromatic N) is 3. The molecular weight excluding hydrogens is 731 g/mol. The zero-order valence-corrected chi connectivity index (χ0v) is 29.7. The van der Waals surface area contributed by atoms with E-state index in [1.807, 2.05) is 30.3 Å². The largest absolute Gasteiger partial charge is 0.483 e. The van der Waals surface area contributed by atoms with Crippen LogP contribution in [0, 0.1) is 0 Å². The van der Waals surface area contributed by atoms with Gasteiger partial charge >= 0.3 is 0 Å². The van der Waals surface area contributed by atoms with Crippen LogP contribution < -0.4 is 20.7 Å². The molecule has 0 bridgehead atoms. The molecule has 0 spiro atoms. The molecule has 1 saturated heterocycles. The van der Waals surface area contributed by atoms with Crippen molar-refractivity contribution in [2.75, 3.05) is 46.1 Å². The molecule has 3 N–H and O–H groups in total. The molecule has 4 aromatic rings. The van der Waals surface area contributed by atoms with Crippen molar-refractivity contribution in [2.24, 2.45) is 0 Å². The van der Waals surface area contributed by atoms with Crippen LogP contribution in [0.15, 0.2) is 60.7 Å². The lowest BCUT2D eigenvalue weighted by atomic mass is 10.0. The van der Waals surface area contributed by atoms with Gasteiger partial charge < -0.3 is 24.8 Å². The summed E-state index contributed by atoms with van der Waals surface area (Å²) in [7, 11) is 0. The average Bonchev–Trinajstić information content (AvgIpc) is 3.63. The second-order valence-corrected chi connectivity index (χ2v) is 12.8. The van der Waals surface area contributed by atoms with Gasteiger partial charge in [-0.05, 0) is 42.3 Å². The smallest absolute Gasteiger partial charge is 0.272 e. The molecule has 1 unspecified atom stereocenters.